The molecule has 4 aromatic rings. The van der Waals surface area contributed by atoms with Crippen molar-refractivity contribution in [2.24, 2.45) is 0 Å². The van der Waals surface area contributed by atoms with Crippen LogP contribution in [-0.4, -0.2) is 17.4 Å². The second-order valence-electron chi connectivity index (χ2n) is 7.58. The predicted octanol–water partition coefficient (Wildman–Crippen LogP) is 5.84. The van der Waals surface area contributed by atoms with Gasteiger partial charge < -0.3 is 15.5 Å². The zero-order valence-electron chi connectivity index (χ0n) is 17.2. The number of hydrogen-bond donors (Lipinski definition) is 2. The Morgan fingerprint density at radius 3 is 2.75 bits per heavy atom. The van der Waals surface area contributed by atoms with Crippen LogP contribution in [0, 0.1) is 5.82 Å². The SMILES string of the molecule is O=C(Nc1ccc(N2CCc3sccc3C2)cc1)c1cccnc1Nc1cccc(F)c1. The monoisotopic (exact) mass is 444 g/mol. The lowest BCUT2D eigenvalue weighted by Gasteiger charge is -2.29. The van der Waals surface area contributed by atoms with Gasteiger partial charge in [0.2, 0.25) is 0 Å². The Labute approximate surface area is 189 Å². The molecule has 0 fully saturated rings. The van der Waals surface area contributed by atoms with Crippen molar-refractivity contribution in [3.05, 3.63) is 100 Å². The lowest BCUT2D eigenvalue weighted by atomic mass is 10.1. The van der Waals surface area contributed by atoms with Crippen LogP contribution in [0.3, 0.4) is 0 Å². The molecular weight excluding hydrogens is 423 g/mol. The molecule has 5 nitrogen and oxygen atoms in total. The van der Waals surface area contributed by atoms with E-state index in [0.717, 1.165) is 25.2 Å². The van der Waals surface area contributed by atoms with E-state index in [1.807, 2.05) is 35.6 Å². The lowest BCUT2D eigenvalue weighted by Crippen LogP contribution is -2.29. The molecule has 0 aliphatic carbocycles. The third-order valence-corrected chi connectivity index (χ3v) is 6.46. The highest BCUT2D eigenvalue weighted by Gasteiger charge is 2.18. The maximum Gasteiger partial charge on any atom is 0.259 e. The van der Waals surface area contributed by atoms with Crippen molar-refractivity contribution in [3.63, 3.8) is 0 Å². The number of fused-ring (bicyclic) bond motifs is 1. The molecule has 7 heteroatoms. The van der Waals surface area contributed by atoms with Gasteiger partial charge in [-0.1, -0.05) is 6.07 Å². The summed E-state index contributed by atoms with van der Waals surface area (Å²) in [4.78, 5) is 21.0. The van der Waals surface area contributed by atoms with Crippen molar-refractivity contribution in [3.8, 4) is 0 Å². The summed E-state index contributed by atoms with van der Waals surface area (Å²) in [6, 6.07) is 19.5. The molecule has 2 aromatic carbocycles. The lowest BCUT2D eigenvalue weighted by molar-refractivity contribution is 0.102. The summed E-state index contributed by atoms with van der Waals surface area (Å²) < 4.78 is 13.5. The van der Waals surface area contributed by atoms with Gasteiger partial charge in [0.25, 0.3) is 5.91 Å². The van der Waals surface area contributed by atoms with Gasteiger partial charge in [0.15, 0.2) is 0 Å². The minimum absolute atomic E-state index is 0.286. The first-order valence-electron chi connectivity index (χ1n) is 10.3. The van der Waals surface area contributed by atoms with Gasteiger partial charge in [-0.15, -0.1) is 11.3 Å². The number of pyridine rings is 1. The second-order valence-corrected chi connectivity index (χ2v) is 8.58. The first-order valence-corrected chi connectivity index (χ1v) is 11.2. The Hall–Kier alpha value is -3.71. The first-order chi connectivity index (χ1) is 15.7. The van der Waals surface area contributed by atoms with Crippen LogP contribution in [0.15, 0.2) is 78.3 Å². The largest absolute Gasteiger partial charge is 0.367 e. The molecule has 160 valence electrons. The number of carbonyl (C=O) groups excluding carboxylic acids is 1. The Morgan fingerprint density at radius 1 is 1.03 bits per heavy atom. The number of nitrogens with one attached hydrogen (secondary N) is 2. The van der Waals surface area contributed by atoms with Crippen LogP contribution in [0.1, 0.15) is 20.8 Å². The first kappa shape index (κ1) is 20.2. The minimum atomic E-state index is -0.360. The van der Waals surface area contributed by atoms with Crippen molar-refractivity contribution >= 4 is 40.1 Å². The van der Waals surface area contributed by atoms with Crippen LogP contribution >= 0.6 is 11.3 Å². The summed E-state index contributed by atoms with van der Waals surface area (Å²) in [5.41, 5.74) is 4.13. The van der Waals surface area contributed by atoms with E-state index in [1.54, 1.807) is 30.5 Å². The standard InChI is InChI=1S/C25H21FN4OS/c26-18-3-1-4-20(15-18)28-24-22(5-2-12-27-24)25(31)29-19-6-8-21(9-7-19)30-13-10-23-17(16-30)11-14-32-23/h1-9,11-12,14-15H,10,13,16H2,(H,27,28)(H,29,31). The Balaban J connectivity index is 1.28. The van der Waals surface area contributed by atoms with Crippen molar-refractivity contribution in [1.82, 2.24) is 4.98 Å². The molecule has 32 heavy (non-hydrogen) atoms. The van der Waals surface area contributed by atoms with Gasteiger partial charge >= 0.3 is 0 Å². The van der Waals surface area contributed by atoms with Crippen LogP contribution in [0.5, 0.6) is 0 Å². The fourth-order valence-corrected chi connectivity index (χ4v) is 4.70. The number of nitrogens with zero attached hydrogens (tertiary/aromatic N) is 2. The van der Waals surface area contributed by atoms with Crippen LogP contribution in [-0.2, 0) is 13.0 Å². The number of carbonyl (C=O) groups is 1. The van der Waals surface area contributed by atoms with Crippen molar-refractivity contribution < 1.29 is 9.18 Å². The number of thiophene rings is 1. The smallest absolute Gasteiger partial charge is 0.259 e. The van der Waals surface area contributed by atoms with E-state index in [4.69, 9.17) is 0 Å². The zero-order chi connectivity index (χ0) is 21.9. The molecule has 0 spiro atoms. The Kier molecular flexibility index (Phi) is 5.56. The number of halogens is 1. The maximum atomic E-state index is 13.5. The molecule has 0 bridgehead atoms. The second kappa shape index (κ2) is 8.80. The number of amides is 1. The maximum absolute atomic E-state index is 13.5. The summed E-state index contributed by atoms with van der Waals surface area (Å²) in [6.45, 7) is 1.90. The molecule has 1 aliphatic rings. The van der Waals surface area contributed by atoms with Gasteiger partial charge in [-0.3, -0.25) is 4.79 Å². The van der Waals surface area contributed by atoms with Gasteiger partial charge in [0.1, 0.15) is 11.6 Å². The zero-order valence-corrected chi connectivity index (χ0v) is 18.0. The highest BCUT2D eigenvalue weighted by Crippen LogP contribution is 2.29. The molecule has 2 aromatic heterocycles. The third-order valence-electron chi connectivity index (χ3n) is 5.44. The van der Waals surface area contributed by atoms with E-state index in [2.05, 4.69) is 32.0 Å². The van der Waals surface area contributed by atoms with E-state index in [0.29, 0.717) is 22.8 Å². The number of rotatable bonds is 5. The normalized spacial score (nSPS) is 12.8. The number of benzene rings is 2. The highest BCUT2D eigenvalue weighted by molar-refractivity contribution is 7.10. The van der Waals surface area contributed by atoms with Gasteiger partial charge in [-0.25, -0.2) is 9.37 Å². The summed E-state index contributed by atoms with van der Waals surface area (Å²) in [5.74, 6) is -0.279. The minimum Gasteiger partial charge on any atom is -0.367 e. The third kappa shape index (κ3) is 4.33. The van der Waals surface area contributed by atoms with Crippen molar-refractivity contribution in [2.75, 3.05) is 22.1 Å². The van der Waals surface area contributed by atoms with E-state index in [1.165, 1.54) is 22.6 Å². The van der Waals surface area contributed by atoms with E-state index < -0.39 is 0 Å². The van der Waals surface area contributed by atoms with Gasteiger partial charge in [0, 0.05) is 41.2 Å². The Morgan fingerprint density at radius 2 is 1.91 bits per heavy atom. The molecule has 5 rings (SSSR count). The number of anilines is 4. The Bertz CT molecular complexity index is 1250. The molecular formula is C25H21FN4OS. The average Bonchev–Trinajstić information content (AvgIpc) is 3.28. The molecule has 0 saturated heterocycles. The van der Waals surface area contributed by atoms with E-state index in [9.17, 15) is 9.18 Å². The topological polar surface area (TPSA) is 57.3 Å². The van der Waals surface area contributed by atoms with E-state index in [-0.39, 0.29) is 11.7 Å². The predicted molar refractivity (Wildman–Crippen MR) is 127 cm³/mol. The molecule has 2 N–H and O–H groups in total. The van der Waals surface area contributed by atoms with Gasteiger partial charge in [0.05, 0.1) is 5.56 Å². The highest BCUT2D eigenvalue weighted by atomic mass is 32.1. The fourth-order valence-electron chi connectivity index (χ4n) is 3.81. The quantitative estimate of drug-likeness (QED) is 0.406. The molecule has 3 heterocycles. The van der Waals surface area contributed by atoms with Crippen molar-refractivity contribution in [2.45, 2.75) is 13.0 Å². The molecule has 1 amide bonds. The summed E-state index contributed by atoms with van der Waals surface area (Å²) in [7, 11) is 0. The summed E-state index contributed by atoms with van der Waals surface area (Å²) in [5, 5.41) is 8.10. The molecule has 1 aliphatic heterocycles. The van der Waals surface area contributed by atoms with Crippen LogP contribution in [0.2, 0.25) is 0 Å². The van der Waals surface area contributed by atoms with E-state index >= 15 is 0 Å². The van der Waals surface area contributed by atoms with Crippen LogP contribution in [0.25, 0.3) is 0 Å². The summed E-state index contributed by atoms with van der Waals surface area (Å²) >= 11 is 1.83. The molecule has 0 unspecified atom stereocenters. The molecule has 0 saturated carbocycles. The fraction of sp³-hybridized carbons (Fsp3) is 0.120. The van der Waals surface area contributed by atoms with Crippen LogP contribution in [0.4, 0.5) is 27.3 Å². The molecule has 0 atom stereocenters. The average molecular weight is 445 g/mol. The van der Waals surface area contributed by atoms with Gasteiger partial charge in [-0.05, 0) is 78.0 Å². The van der Waals surface area contributed by atoms with Crippen molar-refractivity contribution in [1.29, 1.82) is 0 Å². The number of aromatic nitrogens is 1. The summed E-state index contributed by atoms with van der Waals surface area (Å²) in [6.07, 6.45) is 2.65. The number of hydrogen-bond acceptors (Lipinski definition) is 5. The molecule has 0 radical (unpaired) electrons. The van der Waals surface area contributed by atoms with Gasteiger partial charge in [-0.2, -0.15) is 0 Å². The van der Waals surface area contributed by atoms with Crippen LogP contribution < -0.4 is 15.5 Å².